The Balaban J connectivity index is 2.82. The number of hydrogen-bond donors (Lipinski definition) is 2. The van der Waals surface area contributed by atoms with Crippen LogP contribution in [0.4, 0.5) is 5.69 Å². The number of hydrogen-bond acceptors (Lipinski definition) is 4. The maximum Gasteiger partial charge on any atom is 0.341 e. The van der Waals surface area contributed by atoms with Crippen LogP contribution in [0.3, 0.4) is 0 Å². The summed E-state index contributed by atoms with van der Waals surface area (Å²) in [6.45, 7) is 0. The number of rotatable bonds is 4. The predicted octanol–water partition coefficient (Wildman–Crippen LogP) is 1.75. The second-order valence-electron chi connectivity index (χ2n) is 3.21. The number of nitrogens with one attached hydrogen (secondary N) is 1. The molecule has 0 bridgehead atoms. The van der Waals surface area contributed by atoms with E-state index in [-0.39, 0.29) is 29.5 Å². The molecule has 92 valence electrons. The van der Waals surface area contributed by atoms with E-state index in [1.807, 2.05) is 0 Å². The first-order chi connectivity index (χ1) is 8.08. The SMILES string of the molecule is COC(=O)c1ccc(NC(=O)CCCl)cc1O. The van der Waals surface area contributed by atoms with Crippen LogP contribution in [0, 0.1) is 0 Å². The highest BCUT2D eigenvalue weighted by Gasteiger charge is 2.12. The maximum atomic E-state index is 11.2. The van der Waals surface area contributed by atoms with Crippen molar-refractivity contribution in [2.45, 2.75) is 6.42 Å². The highest BCUT2D eigenvalue weighted by atomic mass is 35.5. The van der Waals surface area contributed by atoms with E-state index in [2.05, 4.69) is 10.1 Å². The molecular formula is C11H12ClNO4. The highest BCUT2D eigenvalue weighted by Crippen LogP contribution is 2.22. The minimum Gasteiger partial charge on any atom is -0.507 e. The highest BCUT2D eigenvalue weighted by molar-refractivity contribution is 6.19. The molecule has 0 radical (unpaired) electrons. The first-order valence-corrected chi connectivity index (χ1v) is 5.39. The molecule has 0 aliphatic carbocycles. The van der Waals surface area contributed by atoms with Crippen molar-refractivity contribution in [3.05, 3.63) is 23.8 Å². The van der Waals surface area contributed by atoms with Gasteiger partial charge in [-0.15, -0.1) is 11.6 Å². The molecule has 5 nitrogen and oxygen atoms in total. The molecule has 0 atom stereocenters. The first-order valence-electron chi connectivity index (χ1n) is 4.85. The van der Waals surface area contributed by atoms with Crippen LogP contribution in [0.5, 0.6) is 5.75 Å². The van der Waals surface area contributed by atoms with Crippen molar-refractivity contribution in [3.63, 3.8) is 0 Å². The van der Waals surface area contributed by atoms with Crippen LogP contribution >= 0.6 is 11.6 Å². The lowest BCUT2D eigenvalue weighted by molar-refractivity contribution is -0.115. The van der Waals surface area contributed by atoms with Crippen molar-refractivity contribution in [1.29, 1.82) is 0 Å². The van der Waals surface area contributed by atoms with Crippen molar-refractivity contribution in [3.8, 4) is 5.75 Å². The van der Waals surface area contributed by atoms with E-state index in [1.165, 1.54) is 25.3 Å². The summed E-state index contributed by atoms with van der Waals surface area (Å²) in [7, 11) is 1.22. The molecule has 1 amide bonds. The normalized spacial score (nSPS) is 9.76. The van der Waals surface area contributed by atoms with E-state index in [9.17, 15) is 14.7 Å². The second-order valence-corrected chi connectivity index (χ2v) is 3.59. The molecule has 0 aromatic heterocycles. The summed E-state index contributed by atoms with van der Waals surface area (Å²) < 4.78 is 4.47. The average molecular weight is 258 g/mol. The number of carbonyl (C=O) groups is 2. The molecule has 0 saturated carbocycles. The molecule has 0 aliphatic heterocycles. The largest absolute Gasteiger partial charge is 0.507 e. The molecule has 1 aromatic carbocycles. The number of benzene rings is 1. The number of carbonyl (C=O) groups excluding carboxylic acids is 2. The Morgan fingerprint density at radius 2 is 2.18 bits per heavy atom. The Morgan fingerprint density at radius 3 is 2.71 bits per heavy atom. The number of phenols is 1. The third-order valence-electron chi connectivity index (χ3n) is 2.01. The minimum atomic E-state index is -0.638. The Kier molecular flexibility index (Phi) is 4.78. The number of anilines is 1. The van der Waals surface area contributed by atoms with Crippen molar-refractivity contribution >= 4 is 29.2 Å². The molecule has 0 spiro atoms. The van der Waals surface area contributed by atoms with Crippen LogP contribution < -0.4 is 5.32 Å². The molecule has 0 aliphatic rings. The van der Waals surface area contributed by atoms with Crippen molar-refractivity contribution in [1.82, 2.24) is 0 Å². The number of ether oxygens (including phenoxy) is 1. The molecule has 0 fully saturated rings. The second kappa shape index (κ2) is 6.10. The van der Waals surface area contributed by atoms with E-state index in [0.29, 0.717) is 5.69 Å². The first kappa shape index (κ1) is 13.3. The van der Waals surface area contributed by atoms with Crippen LogP contribution in [0.1, 0.15) is 16.8 Å². The number of esters is 1. The summed E-state index contributed by atoms with van der Waals surface area (Å²) in [5.41, 5.74) is 0.438. The van der Waals surface area contributed by atoms with Gasteiger partial charge >= 0.3 is 5.97 Å². The van der Waals surface area contributed by atoms with Gasteiger partial charge in [-0.3, -0.25) is 4.79 Å². The average Bonchev–Trinajstić information content (AvgIpc) is 2.28. The van der Waals surface area contributed by atoms with Gasteiger partial charge in [0.25, 0.3) is 0 Å². The number of halogens is 1. The third-order valence-corrected chi connectivity index (χ3v) is 2.20. The smallest absolute Gasteiger partial charge is 0.341 e. The maximum absolute atomic E-state index is 11.2. The van der Waals surface area contributed by atoms with Gasteiger partial charge in [0.1, 0.15) is 11.3 Å². The molecule has 1 rings (SSSR count). The molecule has 17 heavy (non-hydrogen) atoms. The lowest BCUT2D eigenvalue weighted by Crippen LogP contribution is -2.12. The van der Waals surface area contributed by atoms with Gasteiger partial charge in [-0.1, -0.05) is 0 Å². The van der Waals surface area contributed by atoms with Gasteiger partial charge in [0.2, 0.25) is 5.91 Å². The van der Waals surface area contributed by atoms with E-state index >= 15 is 0 Å². The summed E-state index contributed by atoms with van der Waals surface area (Å²) in [5, 5.41) is 12.1. The van der Waals surface area contributed by atoms with Crippen LogP contribution in [-0.4, -0.2) is 30.0 Å². The topological polar surface area (TPSA) is 75.6 Å². The van der Waals surface area contributed by atoms with E-state index < -0.39 is 5.97 Å². The Bertz CT molecular complexity index is 433. The lowest BCUT2D eigenvalue weighted by Gasteiger charge is -2.07. The number of amides is 1. The Labute approximate surface area is 103 Å². The summed E-state index contributed by atoms with van der Waals surface area (Å²) >= 11 is 5.41. The molecule has 0 heterocycles. The monoisotopic (exact) mass is 257 g/mol. The van der Waals surface area contributed by atoms with E-state index in [1.54, 1.807) is 0 Å². The summed E-state index contributed by atoms with van der Waals surface area (Å²) in [6.07, 6.45) is 0.182. The fourth-order valence-electron chi connectivity index (χ4n) is 1.20. The summed E-state index contributed by atoms with van der Waals surface area (Å²) in [5.74, 6) is -0.926. The fourth-order valence-corrected chi connectivity index (χ4v) is 1.37. The molecular weight excluding hydrogens is 246 g/mol. The third kappa shape index (κ3) is 3.64. The zero-order valence-electron chi connectivity index (χ0n) is 9.20. The van der Waals surface area contributed by atoms with Crippen LogP contribution in [-0.2, 0) is 9.53 Å². The zero-order valence-corrected chi connectivity index (χ0v) is 9.95. The van der Waals surface area contributed by atoms with Gasteiger partial charge in [0, 0.05) is 24.1 Å². The number of aromatic hydroxyl groups is 1. The number of methoxy groups -OCH3 is 1. The molecule has 0 saturated heterocycles. The predicted molar refractivity (Wildman–Crippen MR) is 63.4 cm³/mol. The minimum absolute atomic E-state index is 0.0443. The van der Waals surface area contributed by atoms with Crippen LogP contribution in [0.15, 0.2) is 18.2 Å². The molecule has 1 aromatic rings. The lowest BCUT2D eigenvalue weighted by atomic mass is 10.2. The zero-order chi connectivity index (χ0) is 12.8. The Hall–Kier alpha value is -1.75. The van der Waals surface area contributed by atoms with E-state index in [0.717, 1.165) is 0 Å². The van der Waals surface area contributed by atoms with Crippen molar-refractivity contribution in [2.75, 3.05) is 18.3 Å². The Morgan fingerprint density at radius 1 is 1.47 bits per heavy atom. The summed E-state index contributed by atoms with van der Waals surface area (Å²) in [4.78, 5) is 22.4. The summed E-state index contributed by atoms with van der Waals surface area (Å²) in [6, 6.07) is 4.15. The number of phenolic OH excluding ortho intramolecular Hbond substituents is 1. The van der Waals surface area contributed by atoms with Gasteiger partial charge in [-0.05, 0) is 12.1 Å². The van der Waals surface area contributed by atoms with Gasteiger partial charge in [-0.25, -0.2) is 4.79 Å². The van der Waals surface area contributed by atoms with Crippen molar-refractivity contribution < 1.29 is 19.4 Å². The van der Waals surface area contributed by atoms with Crippen LogP contribution in [0.25, 0.3) is 0 Å². The fraction of sp³-hybridized carbons (Fsp3) is 0.273. The van der Waals surface area contributed by atoms with Gasteiger partial charge in [-0.2, -0.15) is 0 Å². The van der Waals surface area contributed by atoms with Gasteiger partial charge < -0.3 is 15.2 Å². The van der Waals surface area contributed by atoms with Crippen molar-refractivity contribution in [2.24, 2.45) is 0 Å². The van der Waals surface area contributed by atoms with Crippen LogP contribution in [0.2, 0.25) is 0 Å². The molecule has 6 heteroatoms. The van der Waals surface area contributed by atoms with Gasteiger partial charge in [0.05, 0.1) is 7.11 Å². The number of alkyl halides is 1. The molecule has 0 unspecified atom stereocenters. The van der Waals surface area contributed by atoms with Gasteiger partial charge in [0.15, 0.2) is 0 Å². The standard InChI is InChI=1S/C11H12ClNO4/c1-17-11(16)8-3-2-7(6-9(8)14)13-10(15)4-5-12/h2-3,6,14H,4-5H2,1H3,(H,13,15). The van der Waals surface area contributed by atoms with E-state index in [4.69, 9.17) is 11.6 Å². The quantitative estimate of drug-likeness (QED) is 0.636. The molecule has 2 N–H and O–H groups in total.